The highest BCUT2D eigenvalue weighted by Gasteiger charge is 2.30. The average Bonchev–Trinajstić information content (AvgIpc) is 2.97. The SMILES string of the molecule is COc1cc(F)c([C@@H](c2ccc(Cl)s2)N2CCNCC2)c(F)c1.Cl. The summed E-state index contributed by atoms with van der Waals surface area (Å²) < 4.78 is 34.8. The normalized spacial score (nSPS) is 16.5. The zero-order valence-electron chi connectivity index (χ0n) is 13.0. The number of hydrogen-bond acceptors (Lipinski definition) is 4. The first-order valence-corrected chi connectivity index (χ1v) is 8.52. The lowest BCUT2D eigenvalue weighted by atomic mass is 10.0. The van der Waals surface area contributed by atoms with Crippen molar-refractivity contribution in [1.82, 2.24) is 10.2 Å². The van der Waals surface area contributed by atoms with Gasteiger partial charge in [0.15, 0.2) is 0 Å². The van der Waals surface area contributed by atoms with E-state index in [2.05, 4.69) is 10.2 Å². The molecule has 24 heavy (non-hydrogen) atoms. The highest BCUT2D eigenvalue weighted by atomic mass is 35.5. The summed E-state index contributed by atoms with van der Waals surface area (Å²) in [5.41, 5.74) is 0.0474. The van der Waals surface area contributed by atoms with E-state index >= 15 is 0 Å². The van der Waals surface area contributed by atoms with E-state index in [1.165, 1.54) is 30.6 Å². The Morgan fingerprint density at radius 1 is 1.21 bits per heavy atom. The molecule has 1 N–H and O–H groups in total. The molecule has 1 aliphatic heterocycles. The molecule has 0 saturated carbocycles. The van der Waals surface area contributed by atoms with Crippen LogP contribution in [0.3, 0.4) is 0 Å². The van der Waals surface area contributed by atoms with Crippen molar-refractivity contribution in [3.05, 3.63) is 50.7 Å². The maximum absolute atomic E-state index is 14.6. The second kappa shape index (κ2) is 8.45. The van der Waals surface area contributed by atoms with Gasteiger partial charge in [-0.2, -0.15) is 0 Å². The van der Waals surface area contributed by atoms with Crippen LogP contribution in [0.25, 0.3) is 0 Å². The molecule has 0 aliphatic carbocycles. The quantitative estimate of drug-likeness (QED) is 0.844. The van der Waals surface area contributed by atoms with Crippen molar-refractivity contribution < 1.29 is 13.5 Å². The van der Waals surface area contributed by atoms with Gasteiger partial charge in [-0.3, -0.25) is 4.90 Å². The van der Waals surface area contributed by atoms with E-state index in [1.54, 1.807) is 6.07 Å². The fourth-order valence-corrected chi connectivity index (χ4v) is 4.07. The number of rotatable bonds is 4. The van der Waals surface area contributed by atoms with Gasteiger partial charge in [-0.05, 0) is 12.1 Å². The Morgan fingerprint density at radius 2 is 1.83 bits per heavy atom. The van der Waals surface area contributed by atoms with Gasteiger partial charge in [-0.15, -0.1) is 23.7 Å². The molecule has 132 valence electrons. The van der Waals surface area contributed by atoms with E-state index in [0.717, 1.165) is 18.0 Å². The Hall–Kier alpha value is -0.920. The number of thiophene rings is 1. The number of ether oxygens (including phenoxy) is 1. The largest absolute Gasteiger partial charge is 0.497 e. The summed E-state index contributed by atoms with van der Waals surface area (Å²) >= 11 is 7.39. The number of nitrogens with zero attached hydrogens (tertiary/aromatic N) is 1. The molecule has 0 spiro atoms. The monoisotopic (exact) mass is 394 g/mol. The first kappa shape index (κ1) is 19.4. The fourth-order valence-electron chi connectivity index (χ4n) is 2.86. The third-order valence-corrected chi connectivity index (χ3v) is 5.23. The topological polar surface area (TPSA) is 24.5 Å². The minimum atomic E-state index is -0.602. The molecular weight excluding hydrogens is 377 g/mol. The summed E-state index contributed by atoms with van der Waals surface area (Å²) in [5, 5.41) is 3.25. The molecule has 1 fully saturated rings. The van der Waals surface area contributed by atoms with Crippen molar-refractivity contribution in [2.24, 2.45) is 0 Å². The Kier molecular flexibility index (Phi) is 6.83. The Balaban J connectivity index is 0.00000208. The second-order valence-corrected chi connectivity index (χ2v) is 7.08. The van der Waals surface area contributed by atoms with Gasteiger partial charge in [0.1, 0.15) is 17.4 Å². The van der Waals surface area contributed by atoms with Gasteiger partial charge < -0.3 is 10.1 Å². The minimum Gasteiger partial charge on any atom is -0.497 e. The van der Waals surface area contributed by atoms with E-state index in [1.807, 2.05) is 6.07 Å². The lowest BCUT2D eigenvalue weighted by Crippen LogP contribution is -2.45. The second-order valence-electron chi connectivity index (χ2n) is 5.34. The summed E-state index contributed by atoms with van der Waals surface area (Å²) in [6, 6.07) is 5.56. The van der Waals surface area contributed by atoms with Crippen molar-refractivity contribution in [3.63, 3.8) is 0 Å². The summed E-state index contributed by atoms with van der Waals surface area (Å²) in [7, 11) is 1.39. The Morgan fingerprint density at radius 3 is 2.33 bits per heavy atom. The van der Waals surface area contributed by atoms with Crippen molar-refractivity contribution in [3.8, 4) is 5.75 Å². The number of benzene rings is 1. The van der Waals surface area contributed by atoms with Crippen molar-refractivity contribution >= 4 is 35.3 Å². The summed E-state index contributed by atoms with van der Waals surface area (Å²) in [4.78, 5) is 2.91. The van der Waals surface area contributed by atoms with E-state index in [-0.39, 0.29) is 23.7 Å². The lowest BCUT2D eigenvalue weighted by molar-refractivity contribution is 0.194. The molecule has 2 aromatic rings. The first-order valence-electron chi connectivity index (χ1n) is 7.33. The molecule has 2 heterocycles. The molecule has 1 saturated heterocycles. The van der Waals surface area contributed by atoms with E-state index in [4.69, 9.17) is 16.3 Å². The van der Waals surface area contributed by atoms with Crippen LogP contribution in [0.2, 0.25) is 4.34 Å². The van der Waals surface area contributed by atoms with Crippen molar-refractivity contribution in [2.45, 2.75) is 6.04 Å². The smallest absolute Gasteiger partial charge is 0.134 e. The number of hydrogen-bond donors (Lipinski definition) is 1. The van der Waals surface area contributed by atoms with Crippen LogP contribution >= 0.6 is 35.3 Å². The predicted molar refractivity (Wildman–Crippen MR) is 95.8 cm³/mol. The van der Waals surface area contributed by atoms with Crippen LogP contribution < -0.4 is 10.1 Å². The van der Waals surface area contributed by atoms with Crippen molar-refractivity contribution in [2.75, 3.05) is 33.3 Å². The zero-order valence-corrected chi connectivity index (χ0v) is 15.4. The van der Waals surface area contributed by atoms with Gasteiger partial charge in [0.25, 0.3) is 0 Å². The van der Waals surface area contributed by atoms with Gasteiger partial charge in [-0.25, -0.2) is 8.78 Å². The standard InChI is InChI=1S/C16H17ClF2N2OS.ClH/c1-22-10-8-11(18)15(12(19)9-10)16(13-2-3-14(17)23-13)21-6-4-20-5-7-21;/h2-3,8-9,16,20H,4-7H2,1H3;1H/t16-;/m1./s1. The maximum atomic E-state index is 14.6. The minimum absolute atomic E-state index is 0. The van der Waals surface area contributed by atoms with Crippen LogP contribution in [0.15, 0.2) is 24.3 Å². The molecule has 8 heteroatoms. The first-order chi connectivity index (χ1) is 11.1. The fraction of sp³-hybridized carbons (Fsp3) is 0.375. The van der Waals surface area contributed by atoms with Gasteiger partial charge in [-0.1, -0.05) is 11.6 Å². The Labute approximate surface area is 155 Å². The number of halogens is 4. The Bertz CT molecular complexity index is 669. The molecule has 1 aromatic heterocycles. The number of methoxy groups -OCH3 is 1. The average molecular weight is 395 g/mol. The molecule has 0 bridgehead atoms. The molecule has 1 aliphatic rings. The summed E-state index contributed by atoms with van der Waals surface area (Å²) in [5.74, 6) is -1.03. The molecule has 1 atom stereocenters. The van der Waals surface area contributed by atoms with Crippen LogP contribution in [0.4, 0.5) is 8.78 Å². The third-order valence-electron chi connectivity index (χ3n) is 3.94. The van der Waals surface area contributed by atoms with E-state index < -0.39 is 17.7 Å². The molecule has 0 unspecified atom stereocenters. The molecule has 0 amide bonds. The maximum Gasteiger partial charge on any atom is 0.134 e. The van der Waals surface area contributed by atoms with E-state index in [9.17, 15) is 8.78 Å². The van der Waals surface area contributed by atoms with Crippen LogP contribution in [-0.4, -0.2) is 38.2 Å². The number of piperazine rings is 1. The number of nitrogens with one attached hydrogen (secondary N) is 1. The van der Waals surface area contributed by atoms with E-state index in [0.29, 0.717) is 17.4 Å². The highest BCUT2D eigenvalue weighted by molar-refractivity contribution is 7.16. The zero-order chi connectivity index (χ0) is 16.4. The van der Waals surface area contributed by atoms with Crippen LogP contribution in [0.5, 0.6) is 5.75 Å². The predicted octanol–water partition coefficient (Wildman–Crippen LogP) is 4.10. The molecule has 1 aromatic carbocycles. The molecular formula is C16H18Cl2F2N2OS. The summed E-state index contributed by atoms with van der Waals surface area (Å²) in [6.07, 6.45) is 0. The van der Waals surface area contributed by atoms with Gasteiger partial charge in [0, 0.05) is 48.8 Å². The van der Waals surface area contributed by atoms with Crippen LogP contribution in [-0.2, 0) is 0 Å². The summed E-state index contributed by atoms with van der Waals surface area (Å²) in [6.45, 7) is 3.00. The molecule has 3 rings (SSSR count). The molecule has 0 radical (unpaired) electrons. The third kappa shape index (κ3) is 4.00. The van der Waals surface area contributed by atoms with Crippen molar-refractivity contribution in [1.29, 1.82) is 0 Å². The van der Waals surface area contributed by atoms with Gasteiger partial charge in [0.2, 0.25) is 0 Å². The lowest BCUT2D eigenvalue weighted by Gasteiger charge is -2.35. The van der Waals surface area contributed by atoms with Crippen LogP contribution in [0.1, 0.15) is 16.5 Å². The molecule has 3 nitrogen and oxygen atoms in total. The highest BCUT2D eigenvalue weighted by Crippen LogP contribution is 2.38. The van der Waals surface area contributed by atoms with Crippen LogP contribution in [0, 0.1) is 11.6 Å². The van der Waals surface area contributed by atoms with Gasteiger partial charge >= 0.3 is 0 Å². The van der Waals surface area contributed by atoms with Gasteiger partial charge in [0.05, 0.1) is 17.5 Å².